The fraction of sp³-hybridized carbons (Fsp3) is 0.500. The van der Waals surface area contributed by atoms with Crippen LogP contribution in [0.5, 0.6) is 0 Å². The van der Waals surface area contributed by atoms with E-state index in [-0.39, 0.29) is 50.1 Å². The Balaban J connectivity index is 1.47. The Morgan fingerprint density at radius 3 is 2.48 bits per heavy atom. The van der Waals surface area contributed by atoms with Gasteiger partial charge in [-0.25, -0.2) is 9.69 Å². The van der Waals surface area contributed by atoms with Crippen LogP contribution < -0.4 is 10.2 Å². The number of nitrogens with zero attached hydrogens (tertiary/aromatic N) is 3. The van der Waals surface area contributed by atoms with Gasteiger partial charge in [0.25, 0.3) is 5.91 Å². The SMILES string of the molecule is CCOC(=O)CNC(=O)CN1CCC(N2CC(=O)N(c3ccccc3)C2=O)CC1. The van der Waals surface area contributed by atoms with E-state index in [0.29, 0.717) is 31.6 Å². The van der Waals surface area contributed by atoms with Gasteiger partial charge in [-0.05, 0) is 31.9 Å². The number of carbonyl (C=O) groups is 4. The molecule has 0 radical (unpaired) electrons. The van der Waals surface area contributed by atoms with E-state index in [1.807, 2.05) is 11.0 Å². The highest BCUT2D eigenvalue weighted by molar-refractivity contribution is 6.19. The molecule has 0 aromatic heterocycles. The van der Waals surface area contributed by atoms with Crippen LogP contribution in [-0.4, -0.2) is 79.0 Å². The molecular formula is C20H26N4O5. The number of likely N-dealkylation sites (tertiary alicyclic amines) is 1. The zero-order chi connectivity index (χ0) is 20.8. The number of nitrogens with one attached hydrogen (secondary N) is 1. The van der Waals surface area contributed by atoms with E-state index in [4.69, 9.17) is 4.74 Å². The summed E-state index contributed by atoms with van der Waals surface area (Å²) < 4.78 is 4.78. The highest BCUT2D eigenvalue weighted by atomic mass is 16.5. The van der Waals surface area contributed by atoms with Gasteiger partial charge in [0.1, 0.15) is 13.1 Å². The molecule has 0 spiro atoms. The normalized spacial score (nSPS) is 18.2. The fourth-order valence-corrected chi connectivity index (χ4v) is 3.67. The standard InChI is InChI=1S/C20H26N4O5/c1-2-29-19(27)12-21-17(25)13-22-10-8-15(9-11-22)23-14-18(26)24(20(23)28)16-6-4-3-5-7-16/h3-7,15H,2,8-14H2,1H3,(H,21,25). The van der Waals surface area contributed by atoms with Gasteiger partial charge in [0.2, 0.25) is 5.91 Å². The maximum atomic E-state index is 12.8. The molecule has 0 atom stereocenters. The van der Waals surface area contributed by atoms with E-state index < -0.39 is 5.97 Å². The minimum Gasteiger partial charge on any atom is -0.465 e. The van der Waals surface area contributed by atoms with Gasteiger partial charge in [-0.1, -0.05) is 18.2 Å². The molecule has 1 aromatic carbocycles. The molecule has 1 N–H and O–H groups in total. The van der Waals surface area contributed by atoms with Crippen molar-refractivity contribution in [2.24, 2.45) is 0 Å². The maximum Gasteiger partial charge on any atom is 0.332 e. The van der Waals surface area contributed by atoms with Crippen LogP contribution in [-0.2, 0) is 19.1 Å². The number of ether oxygens (including phenoxy) is 1. The molecule has 2 saturated heterocycles. The third-order valence-corrected chi connectivity index (χ3v) is 5.11. The van der Waals surface area contributed by atoms with E-state index >= 15 is 0 Å². The van der Waals surface area contributed by atoms with Crippen LogP contribution in [0.4, 0.5) is 10.5 Å². The van der Waals surface area contributed by atoms with Crippen molar-refractivity contribution < 1.29 is 23.9 Å². The van der Waals surface area contributed by atoms with Gasteiger partial charge < -0.3 is 15.0 Å². The summed E-state index contributed by atoms with van der Waals surface area (Å²) in [6.07, 6.45) is 1.37. The molecule has 2 aliphatic heterocycles. The quantitative estimate of drug-likeness (QED) is 0.530. The molecular weight excluding hydrogens is 376 g/mol. The third-order valence-electron chi connectivity index (χ3n) is 5.11. The number of para-hydroxylation sites is 1. The highest BCUT2D eigenvalue weighted by Gasteiger charge is 2.41. The lowest BCUT2D eigenvalue weighted by Gasteiger charge is -2.35. The van der Waals surface area contributed by atoms with Crippen molar-refractivity contribution in [2.75, 3.05) is 44.2 Å². The molecule has 2 heterocycles. The van der Waals surface area contributed by atoms with Gasteiger partial charge in [0, 0.05) is 19.1 Å². The first-order valence-corrected chi connectivity index (χ1v) is 9.83. The summed E-state index contributed by atoms with van der Waals surface area (Å²) in [5.41, 5.74) is 0.584. The first-order valence-electron chi connectivity index (χ1n) is 9.83. The van der Waals surface area contributed by atoms with Crippen molar-refractivity contribution in [3.8, 4) is 0 Å². The van der Waals surface area contributed by atoms with Crippen molar-refractivity contribution in [3.05, 3.63) is 30.3 Å². The molecule has 0 saturated carbocycles. The Morgan fingerprint density at radius 1 is 1.14 bits per heavy atom. The van der Waals surface area contributed by atoms with Gasteiger partial charge in [0.15, 0.2) is 0 Å². The molecule has 2 aliphatic rings. The van der Waals surface area contributed by atoms with E-state index in [0.717, 1.165) is 0 Å². The Kier molecular flexibility index (Phi) is 6.82. The van der Waals surface area contributed by atoms with E-state index in [2.05, 4.69) is 5.32 Å². The lowest BCUT2D eigenvalue weighted by Crippen LogP contribution is -2.49. The predicted molar refractivity (Wildman–Crippen MR) is 105 cm³/mol. The second-order valence-electron chi connectivity index (χ2n) is 7.06. The van der Waals surface area contributed by atoms with Crippen LogP contribution in [0.3, 0.4) is 0 Å². The van der Waals surface area contributed by atoms with Gasteiger partial charge in [-0.3, -0.25) is 19.3 Å². The number of carbonyl (C=O) groups excluding carboxylic acids is 4. The van der Waals surface area contributed by atoms with Gasteiger partial charge in [0.05, 0.1) is 18.8 Å². The Hall–Kier alpha value is -2.94. The van der Waals surface area contributed by atoms with Crippen molar-refractivity contribution in [3.63, 3.8) is 0 Å². The number of urea groups is 1. The number of esters is 1. The molecule has 0 aliphatic carbocycles. The zero-order valence-electron chi connectivity index (χ0n) is 16.5. The fourth-order valence-electron chi connectivity index (χ4n) is 3.67. The smallest absolute Gasteiger partial charge is 0.332 e. The number of hydrogen-bond donors (Lipinski definition) is 1. The Labute approximate surface area is 169 Å². The summed E-state index contributed by atoms with van der Waals surface area (Å²) in [6, 6.07) is 8.61. The molecule has 4 amide bonds. The number of rotatable bonds is 7. The highest BCUT2D eigenvalue weighted by Crippen LogP contribution is 2.26. The summed E-state index contributed by atoms with van der Waals surface area (Å²) in [5.74, 6) is -0.916. The zero-order valence-corrected chi connectivity index (χ0v) is 16.5. The summed E-state index contributed by atoms with van der Waals surface area (Å²) >= 11 is 0. The predicted octanol–water partition coefficient (Wildman–Crippen LogP) is 0.599. The van der Waals surface area contributed by atoms with Gasteiger partial charge in [-0.15, -0.1) is 0 Å². The summed E-state index contributed by atoms with van der Waals surface area (Å²) in [6.45, 7) is 3.40. The number of piperidine rings is 1. The van der Waals surface area contributed by atoms with Crippen LogP contribution in [0, 0.1) is 0 Å². The van der Waals surface area contributed by atoms with E-state index in [1.165, 1.54) is 4.90 Å². The number of anilines is 1. The minimum absolute atomic E-state index is 0.0287. The Bertz CT molecular complexity index is 761. The molecule has 9 nitrogen and oxygen atoms in total. The molecule has 156 valence electrons. The Morgan fingerprint density at radius 2 is 1.83 bits per heavy atom. The minimum atomic E-state index is -0.459. The van der Waals surface area contributed by atoms with E-state index in [1.54, 1.807) is 36.1 Å². The van der Waals surface area contributed by atoms with Crippen LogP contribution in [0.15, 0.2) is 30.3 Å². The topological polar surface area (TPSA) is 99.3 Å². The average molecular weight is 402 g/mol. The molecule has 9 heteroatoms. The summed E-state index contributed by atoms with van der Waals surface area (Å²) in [5, 5.41) is 2.55. The van der Waals surface area contributed by atoms with Crippen LogP contribution in [0.1, 0.15) is 19.8 Å². The lowest BCUT2D eigenvalue weighted by atomic mass is 10.0. The van der Waals surface area contributed by atoms with Crippen molar-refractivity contribution in [2.45, 2.75) is 25.8 Å². The lowest BCUT2D eigenvalue weighted by molar-refractivity contribution is -0.143. The van der Waals surface area contributed by atoms with Crippen molar-refractivity contribution in [1.82, 2.24) is 15.1 Å². The van der Waals surface area contributed by atoms with Crippen LogP contribution >= 0.6 is 0 Å². The van der Waals surface area contributed by atoms with Crippen molar-refractivity contribution >= 4 is 29.5 Å². The first-order chi connectivity index (χ1) is 14.0. The molecule has 0 unspecified atom stereocenters. The summed E-state index contributed by atoms with van der Waals surface area (Å²) in [7, 11) is 0. The summed E-state index contributed by atoms with van der Waals surface area (Å²) in [4.78, 5) is 53.3. The maximum absolute atomic E-state index is 12.8. The number of imide groups is 1. The molecule has 1 aromatic rings. The molecule has 0 bridgehead atoms. The average Bonchev–Trinajstić information content (AvgIpc) is 3.02. The third kappa shape index (κ3) is 5.11. The van der Waals surface area contributed by atoms with Gasteiger partial charge in [-0.2, -0.15) is 0 Å². The van der Waals surface area contributed by atoms with Gasteiger partial charge >= 0.3 is 12.0 Å². The monoisotopic (exact) mass is 402 g/mol. The molecule has 3 rings (SSSR count). The second kappa shape index (κ2) is 9.51. The first kappa shape index (κ1) is 20.8. The van der Waals surface area contributed by atoms with Crippen molar-refractivity contribution in [1.29, 1.82) is 0 Å². The second-order valence-corrected chi connectivity index (χ2v) is 7.06. The number of benzene rings is 1. The molecule has 29 heavy (non-hydrogen) atoms. The number of hydrogen-bond acceptors (Lipinski definition) is 6. The van der Waals surface area contributed by atoms with Crippen LogP contribution in [0.2, 0.25) is 0 Å². The van der Waals surface area contributed by atoms with E-state index in [9.17, 15) is 19.2 Å². The van der Waals surface area contributed by atoms with Crippen LogP contribution in [0.25, 0.3) is 0 Å². The molecule has 2 fully saturated rings. The number of amides is 4. The largest absolute Gasteiger partial charge is 0.465 e.